The average molecular weight is 497 g/mol. The molecule has 0 aliphatic heterocycles. The molecule has 35 heavy (non-hydrogen) atoms. The highest BCUT2D eigenvalue weighted by Crippen LogP contribution is 2.31. The van der Waals surface area contributed by atoms with Crippen LogP contribution in [0.4, 0.5) is 11.6 Å². The number of aromatic nitrogens is 4. The number of hydrogen-bond donors (Lipinski definition) is 2. The first-order chi connectivity index (χ1) is 16.6. The van der Waals surface area contributed by atoms with Gasteiger partial charge in [-0.05, 0) is 58.2 Å². The molecule has 2 heterocycles. The first-order valence-corrected chi connectivity index (χ1v) is 12.9. The molecule has 10 nitrogen and oxygen atoms in total. The molecule has 0 unspecified atom stereocenters. The van der Waals surface area contributed by atoms with Crippen LogP contribution in [0.1, 0.15) is 44.9 Å². The van der Waals surface area contributed by atoms with E-state index in [1.54, 1.807) is 45.3 Å². The van der Waals surface area contributed by atoms with Crippen LogP contribution in [0.15, 0.2) is 42.9 Å². The molecule has 3 aromatic rings. The molecular formula is C24H28N6O4S. The van der Waals surface area contributed by atoms with Crippen LogP contribution in [-0.4, -0.2) is 46.1 Å². The van der Waals surface area contributed by atoms with Gasteiger partial charge in [-0.15, -0.1) is 0 Å². The molecule has 11 heteroatoms. The number of aryl methyl sites for hydroxylation is 1. The summed E-state index contributed by atoms with van der Waals surface area (Å²) in [5, 5.41) is 2.52. The van der Waals surface area contributed by atoms with Gasteiger partial charge in [0.25, 0.3) is 0 Å². The Bertz CT molecular complexity index is 1340. The quantitative estimate of drug-likeness (QED) is 0.460. The number of nitrogens with one attached hydrogen (secondary N) is 2. The molecule has 0 saturated heterocycles. The normalized spacial score (nSPS) is 13.8. The van der Waals surface area contributed by atoms with Crippen molar-refractivity contribution in [3.05, 3.63) is 54.1 Å². The van der Waals surface area contributed by atoms with Crippen LogP contribution in [0.3, 0.4) is 0 Å². The molecule has 1 saturated carbocycles. The average Bonchev–Trinajstić information content (AvgIpc) is 3.67. The van der Waals surface area contributed by atoms with Crippen molar-refractivity contribution >= 4 is 27.6 Å². The fourth-order valence-corrected chi connectivity index (χ4v) is 4.81. The zero-order valence-corrected chi connectivity index (χ0v) is 20.9. The van der Waals surface area contributed by atoms with Crippen molar-refractivity contribution in [2.24, 2.45) is 0 Å². The van der Waals surface area contributed by atoms with E-state index in [0.29, 0.717) is 48.0 Å². The summed E-state index contributed by atoms with van der Waals surface area (Å²) in [5.74, 6) is 0.127. The van der Waals surface area contributed by atoms with Crippen molar-refractivity contribution < 1.29 is 17.9 Å². The summed E-state index contributed by atoms with van der Waals surface area (Å²) in [5.41, 5.74) is 2.16. The van der Waals surface area contributed by atoms with Gasteiger partial charge in [-0.1, -0.05) is 12.1 Å². The zero-order chi connectivity index (χ0) is 25.2. The van der Waals surface area contributed by atoms with Gasteiger partial charge in [0.05, 0.1) is 41.1 Å². The number of anilines is 2. The Morgan fingerprint density at radius 3 is 2.49 bits per heavy atom. The fourth-order valence-electron chi connectivity index (χ4n) is 3.54. The minimum Gasteiger partial charge on any atom is -0.477 e. The van der Waals surface area contributed by atoms with E-state index in [1.807, 2.05) is 19.1 Å². The van der Waals surface area contributed by atoms with Crippen molar-refractivity contribution in [2.75, 3.05) is 16.6 Å². The second-order valence-corrected chi connectivity index (χ2v) is 10.9. The Labute approximate surface area is 204 Å². The van der Waals surface area contributed by atoms with Crippen LogP contribution in [0.5, 0.6) is 5.88 Å². The number of benzene rings is 1. The molecule has 1 amide bonds. The van der Waals surface area contributed by atoms with Gasteiger partial charge >= 0.3 is 0 Å². The lowest BCUT2D eigenvalue weighted by Gasteiger charge is -2.25. The monoisotopic (exact) mass is 496 g/mol. The second-order valence-electron chi connectivity index (χ2n) is 8.90. The molecule has 0 spiro atoms. The number of sulfonamides is 1. The van der Waals surface area contributed by atoms with E-state index < -0.39 is 20.7 Å². The number of amides is 1. The van der Waals surface area contributed by atoms with Gasteiger partial charge in [0.15, 0.2) is 0 Å². The first kappa shape index (κ1) is 24.5. The summed E-state index contributed by atoms with van der Waals surface area (Å²) in [7, 11) is -3.51. The van der Waals surface area contributed by atoms with Crippen LogP contribution in [0.25, 0.3) is 11.3 Å². The third kappa shape index (κ3) is 5.56. The minimum atomic E-state index is -3.51. The lowest BCUT2D eigenvalue weighted by molar-refractivity contribution is -0.120. The Morgan fingerprint density at radius 1 is 1.11 bits per heavy atom. The van der Waals surface area contributed by atoms with Gasteiger partial charge in [0.2, 0.25) is 27.8 Å². The minimum absolute atomic E-state index is 0.0295. The number of carbonyl (C=O) groups excluding carboxylic acids is 1. The SMILES string of the molecule is CCOc1cncc(-c2ccc(NC(=O)C(C)(C)c3nc(NS(=O)(=O)C4CC4)ncc3C)cc2)n1. The second kappa shape index (κ2) is 9.57. The topological polar surface area (TPSA) is 136 Å². The van der Waals surface area contributed by atoms with Crippen LogP contribution in [0.2, 0.25) is 0 Å². The van der Waals surface area contributed by atoms with Crippen LogP contribution < -0.4 is 14.8 Å². The Morgan fingerprint density at radius 2 is 1.83 bits per heavy atom. The van der Waals surface area contributed by atoms with Gasteiger partial charge in [-0.2, -0.15) is 0 Å². The molecule has 2 aromatic heterocycles. The highest BCUT2D eigenvalue weighted by atomic mass is 32.2. The summed E-state index contributed by atoms with van der Waals surface area (Å²) in [6.45, 7) is 7.64. The molecule has 4 rings (SSSR count). The summed E-state index contributed by atoms with van der Waals surface area (Å²) < 4.78 is 32.4. The summed E-state index contributed by atoms with van der Waals surface area (Å²) in [6, 6.07) is 7.23. The summed E-state index contributed by atoms with van der Waals surface area (Å²) >= 11 is 0. The molecule has 2 N–H and O–H groups in total. The van der Waals surface area contributed by atoms with Crippen molar-refractivity contribution in [3.63, 3.8) is 0 Å². The van der Waals surface area contributed by atoms with Gasteiger partial charge in [-0.3, -0.25) is 14.5 Å². The third-order valence-corrected chi connectivity index (χ3v) is 7.49. The van der Waals surface area contributed by atoms with E-state index in [0.717, 1.165) is 5.56 Å². The lowest BCUT2D eigenvalue weighted by atomic mass is 9.85. The molecule has 1 aromatic carbocycles. The number of rotatable bonds is 9. The lowest BCUT2D eigenvalue weighted by Crippen LogP contribution is -2.36. The number of nitrogens with zero attached hydrogens (tertiary/aromatic N) is 4. The highest BCUT2D eigenvalue weighted by Gasteiger charge is 2.37. The van der Waals surface area contributed by atoms with Gasteiger partial charge < -0.3 is 10.1 Å². The standard InChI is InChI=1S/C24H28N6O4S/c1-5-34-20-14-25-13-19(28-20)16-6-8-17(9-7-16)27-22(31)24(3,4)21-15(2)12-26-23(29-21)30-35(32,33)18-10-11-18/h6-9,12-14,18H,5,10-11H2,1-4H3,(H,27,31)(H,26,29,30). The zero-order valence-electron chi connectivity index (χ0n) is 20.1. The Balaban J connectivity index is 1.50. The predicted molar refractivity (Wildman–Crippen MR) is 133 cm³/mol. The maximum Gasteiger partial charge on any atom is 0.237 e. The Hall–Kier alpha value is -3.60. The largest absolute Gasteiger partial charge is 0.477 e. The van der Waals surface area contributed by atoms with E-state index >= 15 is 0 Å². The number of hydrogen-bond acceptors (Lipinski definition) is 8. The summed E-state index contributed by atoms with van der Waals surface area (Å²) in [4.78, 5) is 30.3. The van der Waals surface area contributed by atoms with Crippen LogP contribution in [0, 0.1) is 6.92 Å². The van der Waals surface area contributed by atoms with Gasteiger partial charge in [0, 0.05) is 17.4 Å². The fraction of sp³-hybridized carbons (Fsp3) is 0.375. The van der Waals surface area contributed by atoms with Crippen LogP contribution in [-0.2, 0) is 20.2 Å². The van der Waals surface area contributed by atoms with Gasteiger partial charge in [-0.25, -0.2) is 23.4 Å². The summed E-state index contributed by atoms with van der Waals surface area (Å²) in [6.07, 6.45) is 5.98. The maximum absolute atomic E-state index is 13.2. The smallest absolute Gasteiger partial charge is 0.237 e. The molecule has 0 radical (unpaired) electrons. The molecule has 1 aliphatic rings. The van der Waals surface area contributed by atoms with Gasteiger partial charge in [0.1, 0.15) is 0 Å². The van der Waals surface area contributed by atoms with E-state index in [-0.39, 0.29) is 11.9 Å². The first-order valence-electron chi connectivity index (χ1n) is 11.3. The number of carbonyl (C=O) groups is 1. The Kier molecular flexibility index (Phi) is 6.70. The van der Waals surface area contributed by atoms with E-state index in [2.05, 4.69) is 30.0 Å². The number of ether oxygens (including phenoxy) is 1. The van der Waals surface area contributed by atoms with Crippen molar-refractivity contribution in [1.29, 1.82) is 0 Å². The van der Waals surface area contributed by atoms with Crippen molar-refractivity contribution in [1.82, 2.24) is 19.9 Å². The molecule has 0 atom stereocenters. The third-order valence-electron chi connectivity index (χ3n) is 5.67. The van der Waals surface area contributed by atoms with Crippen LogP contribution >= 0.6 is 0 Å². The predicted octanol–water partition coefficient (Wildman–Crippen LogP) is 3.46. The van der Waals surface area contributed by atoms with E-state index in [4.69, 9.17) is 4.74 Å². The molecule has 1 fully saturated rings. The van der Waals surface area contributed by atoms with Crippen molar-refractivity contribution in [3.8, 4) is 17.1 Å². The highest BCUT2D eigenvalue weighted by molar-refractivity contribution is 7.93. The molecule has 1 aliphatic carbocycles. The maximum atomic E-state index is 13.2. The van der Waals surface area contributed by atoms with E-state index in [9.17, 15) is 13.2 Å². The molecular weight excluding hydrogens is 468 g/mol. The van der Waals surface area contributed by atoms with Crippen molar-refractivity contribution in [2.45, 2.75) is 51.2 Å². The van der Waals surface area contributed by atoms with E-state index in [1.165, 1.54) is 6.20 Å². The molecule has 184 valence electrons. The molecule has 0 bridgehead atoms.